The van der Waals surface area contributed by atoms with Crippen LogP contribution < -0.4 is 5.73 Å². The fraction of sp³-hybridized carbons (Fsp3) is 0.211. The van der Waals surface area contributed by atoms with Crippen LogP contribution in [0, 0.1) is 0 Å². The number of pyridine rings is 1. The summed E-state index contributed by atoms with van der Waals surface area (Å²) in [5.41, 5.74) is 11.1. The number of nitrogens with two attached hydrogens (primary N) is 1. The Hall–Kier alpha value is -2.53. The third-order valence-corrected chi connectivity index (χ3v) is 4.02. The summed E-state index contributed by atoms with van der Waals surface area (Å²) in [5, 5.41) is 8.67. The van der Waals surface area contributed by atoms with E-state index in [1.807, 2.05) is 12.1 Å². The second-order valence-corrected chi connectivity index (χ2v) is 6.31. The molecule has 122 valence electrons. The number of hydrogen-bond donors (Lipinski definition) is 2. The molecule has 0 amide bonds. The Morgan fingerprint density at radius 1 is 1.25 bits per heavy atom. The first-order chi connectivity index (χ1) is 11.7. The van der Waals surface area contributed by atoms with E-state index in [-0.39, 0.29) is 0 Å². The molecule has 5 heteroatoms. The van der Waals surface area contributed by atoms with Gasteiger partial charge < -0.3 is 5.73 Å². The van der Waals surface area contributed by atoms with E-state index in [1.54, 1.807) is 12.4 Å². The Morgan fingerprint density at radius 3 is 2.75 bits per heavy atom. The van der Waals surface area contributed by atoms with Crippen LogP contribution in [0.5, 0.6) is 0 Å². The fourth-order valence-electron chi connectivity index (χ4n) is 2.79. The molecule has 1 aromatic carbocycles. The first kappa shape index (κ1) is 16.3. The molecule has 0 saturated carbocycles. The third kappa shape index (κ3) is 3.68. The highest BCUT2D eigenvalue weighted by atomic mass is 32.1. The Kier molecular flexibility index (Phi) is 5.01. The standard InChI is InChI=1S/C19H20N4S/c1-2-3-14-10-15(5-4-13-6-8-21-9-7-13)19-16(11-14)17(22-23-19)12-18(20)24/h4-11H,2-3,12H2,1H3,(H2,20,24)(H,22,23)/b5-4+. The molecule has 3 aromatic rings. The lowest BCUT2D eigenvalue weighted by atomic mass is 10.0. The quantitative estimate of drug-likeness (QED) is 0.670. The lowest BCUT2D eigenvalue weighted by Gasteiger charge is -2.04. The van der Waals surface area contributed by atoms with Crippen LogP contribution >= 0.6 is 12.2 Å². The molecular weight excluding hydrogens is 316 g/mol. The molecular formula is C19H20N4S. The smallest absolute Gasteiger partial charge is 0.0996 e. The number of thiocarbonyl (C=S) groups is 1. The van der Waals surface area contributed by atoms with Gasteiger partial charge in [0.15, 0.2) is 0 Å². The van der Waals surface area contributed by atoms with Gasteiger partial charge in [-0.15, -0.1) is 0 Å². The zero-order valence-corrected chi connectivity index (χ0v) is 14.4. The van der Waals surface area contributed by atoms with E-state index < -0.39 is 0 Å². The van der Waals surface area contributed by atoms with Gasteiger partial charge in [0.2, 0.25) is 0 Å². The van der Waals surface area contributed by atoms with Gasteiger partial charge in [0.25, 0.3) is 0 Å². The van der Waals surface area contributed by atoms with Crippen LogP contribution in [-0.2, 0) is 12.8 Å². The predicted octanol–water partition coefficient (Wildman–Crippen LogP) is 3.91. The molecule has 0 spiro atoms. The minimum atomic E-state index is 0.468. The van der Waals surface area contributed by atoms with Crippen LogP contribution in [0.2, 0.25) is 0 Å². The van der Waals surface area contributed by atoms with Crippen molar-refractivity contribution in [3.63, 3.8) is 0 Å². The number of nitrogens with zero attached hydrogens (tertiary/aromatic N) is 2. The number of benzene rings is 1. The van der Waals surface area contributed by atoms with Gasteiger partial charge in [-0.1, -0.05) is 37.7 Å². The number of fused-ring (bicyclic) bond motifs is 1. The molecule has 24 heavy (non-hydrogen) atoms. The lowest BCUT2D eigenvalue weighted by Crippen LogP contribution is -2.11. The normalized spacial score (nSPS) is 11.4. The van der Waals surface area contributed by atoms with Crippen molar-refractivity contribution < 1.29 is 0 Å². The molecule has 3 N–H and O–H groups in total. The minimum absolute atomic E-state index is 0.468. The van der Waals surface area contributed by atoms with E-state index in [1.165, 1.54) is 5.56 Å². The summed E-state index contributed by atoms with van der Waals surface area (Å²) in [6, 6.07) is 8.35. The predicted molar refractivity (Wildman–Crippen MR) is 104 cm³/mol. The maximum absolute atomic E-state index is 5.71. The Bertz CT molecular complexity index is 881. The molecule has 0 aliphatic rings. The molecule has 0 aliphatic heterocycles. The van der Waals surface area contributed by atoms with E-state index in [0.29, 0.717) is 11.4 Å². The van der Waals surface area contributed by atoms with Crippen molar-refractivity contribution in [3.8, 4) is 0 Å². The summed E-state index contributed by atoms with van der Waals surface area (Å²) in [5.74, 6) is 0. The number of nitrogens with one attached hydrogen (secondary N) is 1. The van der Waals surface area contributed by atoms with Gasteiger partial charge in [0.1, 0.15) is 0 Å². The van der Waals surface area contributed by atoms with Gasteiger partial charge in [0, 0.05) is 35.5 Å². The van der Waals surface area contributed by atoms with Crippen molar-refractivity contribution >= 4 is 40.3 Å². The molecule has 2 aromatic heterocycles. The summed E-state index contributed by atoms with van der Waals surface area (Å²) >= 11 is 5.05. The average Bonchev–Trinajstić information content (AvgIpc) is 2.96. The molecule has 0 bridgehead atoms. The molecule has 3 rings (SSSR count). The second kappa shape index (κ2) is 7.36. The highest BCUT2D eigenvalue weighted by molar-refractivity contribution is 7.80. The Morgan fingerprint density at radius 2 is 2.04 bits per heavy atom. The third-order valence-electron chi connectivity index (χ3n) is 3.88. The van der Waals surface area contributed by atoms with Crippen molar-refractivity contribution in [3.05, 3.63) is 59.0 Å². The monoisotopic (exact) mass is 336 g/mol. The summed E-state index contributed by atoms with van der Waals surface area (Å²) in [4.78, 5) is 4.51. The van der Waals surface area contributed by atoms with E-state index in [4.69, 9.17) is 18.0 Å². The highest BCUT2D eigenvalue weighted by Gasteiger charge is 2.11. The SMILES string of the molecule is CCCc1cc(/C=C/c2ccncc2)c2n[nH]c(CC(N)=S)c2c1. The number of aromatic nitrogens is 3. The topological polar surface area (TPSA) is 67.6 Å². The molecule has 0 atom stereocenters. The summed E-state index contributed by atoms with van der Waals surface area (Å²) in [6.45, 7) is 2.18. The van der Waals surface area contributed by atoms with Gasteiger partial charge in [0.05, 0.1) is 10.5 Å². The largest absolute Gasteiger partial charge is 0.393 e. The maximum atomic E-state index is 5.71. The molecule has 0 unspecified atom stereocenters. The Balaban J connectivity index is 2.06. The first-order valence-corrected chi connectivity index (χ1v) is 8.44. The first-order valence-electron chi connectivity index (χ1n) is 8.03. The molecule has 0 radical (unpaired) electrons. The second-order valence-electron chi connectivity index (χ2n) is 5.79. The van der Waals surface area contributed by atoms with Crippen LogP contribution in [0.1, 0.15) is 35.7 Å². The molecule has 2 heterocycles. The van der Waals surface area contributed by atoms with Gasteiger partial charge in [-0.3, -0.25) is 10.1 Å². The van der Waals surface area contributed by atoms with Crippen molar-refractivity contribution in [2.45, 2.75) is 26.2 Å². The highest BCUT2D eigenvalue weighted by Crippen LogP contribution is 2.25. The molecule has 4 nitrogen and oxygen atoms in total. The fourth-order valence-corrected chi connectivity index (χ4v) is 2.93. The number of aromatic amines is 1. The zero-order valence-electron chi connectivity index (χ0n) is 13.6. The summed E-state index contributed by atoms with van der Waals surface area (Å²) < 4.78 is 0. The van der Waals surface area contributed by atoms with Gasteiger partial charge in [-0.05, 0) is 41.8 Å². The minimum Gasteiger partial charge on any atom is -0.393 e. The maximum Gasteiger partial charge on any atom is 0.0996 e. The lowest BCUT2D eigenvalue weighted by molar-refractivity contribution is 0.923. The summed E-state index contributed by atoms with van der Waals surface area (Å²) in [6.07, 6.45) is 10.4. The van der Waals surface area contributed by atoms with Crippen molar-refractivity contribution in [1.82, 2.24) is 15.2 Å². The van der Waals surface area contributed by atoms with Crippen LogP contribution in [0.25, 0.3) is 23.1 Å². The van der Waals surface area contributed by atoms with E-state index in [9.17, 15) is 0 Å². The van der Waals surface area contributed by atoms with Gasteiger partial charge >= 0.3 is 0 Å². The number of H-pyrrole nitrogens is 1. The summed E-state index contributed by atoms with van der Waals surface area (Å²) in [7, 11) is 0. The van der Waals surface area contributed by atoms with E-state index in [0.717, 1.165) is 40.6 Å². The number of hydrogen-bond acceptors (Lipinski definition) is 3. The number of aryl methyl sites for hydroxylation is 1. The van der Waals surface area contributed by atoms with Crippen molar-refractivity contribution in [2.24, 2.45) is 5.73 Å². The molecule has 0 saturated heterocycles. The van der Waals surface area contributed by atoms with E-state index in [2.05, 4.69) is 46.4 Å². The van der Waals surface area contributed by atoms with Crippen LogP contribution in [-0.4, -0.2) is 20.2 Å². The van der Waals surface area contributed by atoms with Crippen molar-refractivity contribution in [2.75, 3.05) is 0 Å². The van der Waals surface area contributed by atoms with Crippen LogP contribution in [0.4, 0.5) is 0 Å². The molecule has 0 fully saturated rings. The van der Waals surface area contributed by atoms with Crippen LogP contribution in [0.3, 0.4) is 0 Å². The average molecular weight is 336 g/mol. The van der Waals surface area contributed by atoms with Gasteiger partial charge in [-0.2, -0.15) is 5.10 Å². The van der Waals surface area contributed by atoms with Crippen molar-refractivity contribution in [1.29, 1.82) is 0 Å². The number of rotatable bonds is 6. The van der Waals surface area contributed by atoms with E-state index >= 15 is 0 Å². The van der Waals surface area contributed by atoms with Crippen LogP contribution in [0.15, 0.2) is 36.7 Å². The van der Waals surface area contributed by atoms with Gasteiger partial charge in [-0.25, -0.2) is 0 Å². The Labute approximate surface area is 146 Å². The zero-order chi connectivity index (χ0) is 16.9. The molecule has 0 aliphatic carbocycles.